The molecule has 0 spiro atoms. The second kappa shape index (κ2) is 3.49. The van der Waals surface area contributed by atoms with Crippen molar-refractivity contribution in [3.8, 4) is 5.06 Å². The van der Waals surface area contributed by atoms with E-state index in [1.807, 2.05) is 13.8 Å². The van der Waals surface area contributed by atoms with Gasteiger partial charge >= 0.3 is 0 Å². The second-order valence-corrected chi connectivity index (χ2v) is 4.16. The molecule has 1 aromatic heterocycles. The molecule has 0 bridgehead atoms. The van der Waals surface area contributed by atoms with E-state index < -0.39 is 5.79 Å². The second-order valence-electron chi connectivity index (χ2n) is 3.31. The van der Waals surface area contributed by atoms with Crippen LogP contribution in [-0.2, 0) is 9.47 Å². The number of nitrogens with zero attached hydrogens (tertiary/aromatic N) is 1. The van der Waals surface area contributed by atoms with Crippen LogP contribution in [0.5, 0.6) is 5.06 Å². The van der Waals surface area contributed by atoms with Gasteiger partial charge in [0.2, 0.25) is 5.79 Å². The van der Waals surface area contributed by atoms with E-state index in [4.69, 9.17) is 14.2 Å². The first-order chi connectivity index (χ1) is 6.66. The van der Waals surface area contributed by atoms with Crippen LogP contribution in [0, 0.1) is 0 Å². The van der Waals surface area contributed by atoms with Crippen LogP contribution in [0.1, 0.15) is 13.8 Å². The molecular formula is C9H11NO3S. The minimum atomic E-state index is -0.563. The standard InChI is InChI=1S/C9H11NO3S/c1-9(2)12-5-7(13-9)4-11-8-3-10-6-14-8/h3,5-6H,4H2,1-2H3. The lowest BCUT2D eigenvalue weighted by atomic mass is 10.4. The zero-order chi connectivity index (χ0) is 10.0. The molecule has 0 saturated carbocycles. The molecule has 1 aromatic rings. The lowest BCUT2D eigenvalue weighted by Crippen LogP contribution is -2.21. The highest BCUT2D eigenvalue weighted by atomic mass is 32.1. The van der Waals surface area contributed by atoms with E-state index in [-0.39, 0.29) is 0 Å². The smallest absolute Gasteiger partial charge is 0.244 e. The first kappa shape index (κ1) is 9.33. The summed E-state index contributed by atoms with van der Waals surface area (Å²) in [5, 5.41) is 0.777. The van der Waals surface area contributed by atoms with Crippen LogP contribution in [-0.4, -0.2) is 17.4 Å². The van der Waals surface area contributed by atoms with E-state index in [9.17, 15) is 0 Å². The third-order valence-corrected chi connectivity index (χ3v) is 2.30. The highest BCUT2D eigenvalue weighted by molar-refractivity contribution is 7.11. The van der Waals surface area contributed by atoms with E-state index >= 15 is 0 Å². The van der Waals surface area contributed by atoms with Gasteiger partial charge in [0.25, 0.3) is 0 Å². The molecule has 0 radical (unpaired) electrons. The Morgan fingerprint density at radius 1 is 1.57 bits per heavy atom. The van der Waals surface area contributed by atoms with Gasteiger partial charge in [-0.3, -0.25) is 0 Å². The highest BCUT2D eigenvalue weighted by Gasteiger charge is 2.27. The molecule has 4 nitrogen and oxygen atoms in total. The number of ether oxygens (including phenoxy) is 3. The summed E-state index contributed by atoms with van der Waals surface area (Å²) in [4.78, 5) is 3.90. The number of rotatable bonds is 3. The minimum Gasteiger partial charge on any atom is -0.474 e. The number of hydrogen-bond acceptors (Lipinski definition) is 5. The van der Waals surface area contributed by atoms with E-state index in [1.165, 1.54) is 11.3 Å². The van der Waals surface area contributed by atoms with Gasteiger partial charge in [-0.15, -0.1) is 0 Å². The average Bonchev–Trinajstić information content (AvgIpc) is 2.70. The van der Waals surface area contributed by atoms with Crippen LogP contribution in [0.15, 0.2) is 23.7 Å². The molecule has 0 N–H and O–H groups in total. The lowest BCUT2D eigenvalue weighted by molar-refractivity contribution is -0.119. The molecule has 0 aliphatic carbocycles. The summed E-state index contributed by atoms with van der Waals surface area (Å²) >= 11 is 1.45. The Kier molecular flexibility index (Phi) is 2.33. The molecule has 5 heteroatoms. The third-order valence-electron chi connectivity index (χ3n) is 1.62. The van der Waals surface area contributed by atoms with Crippen molar-refractivity contribution in [2.45, 2.75) is 19.6 Å². The van der Waals surface area contributed by atoms with Gasteiger partial charge in [-0.05, 0) is 0 Å². The minimum absolute atomic E-state index is 0.381. The maximum absolute atomic E-state index is 5.45. The van der Waals surface area contributed by atoms with Crippen LogP contribution in [0.25, 0.3) is 0 Å². The van der Waals surface area contributed by atoms with Gasteiger partial charge in [-0.1, -0.05) is 11.3 Å². The van der Waals surface area contributed by atoms with Gasteiger partial charge in [-0.25, -0.2) is 4.98 Å². The highest BCUT2D eigenvalue weighted by Crippen LogP contribution is 2.25. The quantitative estimate of drug-likeness (QED) is 0.771. The molecular weight excluding hydrogens is 202 g/mol. The Hall–Kier alpha value is -1.23. The van der Waals surface area contributed by atoms with Gasteiger partial charge in [-0.2, -0.15) is 0 Å². The fraction of sp³-hybridized carbons (Fsp3) is 0.444. The third kappa shape index (κ3) is 2.17. The Bertz CT molecular complexity index is 332. The summed E-state index contributed by atoms with van der Waals surface area (Å²) in [6.45, 7) is 4.08. The number of hydrogen-bond donors (Lipinski definition) is 0. The van der Waals surface area contributed by atoms with Crippen molar-refractivity contribution in [2.75, 3.05) is 6.61 Å². The summed E-state index contributed by atoms with van der Waals surface area (Å²) < 4.78 is 16.1. The van der Waals surface area contributed by atoms with Crippen LogP contribution in [0.4, 0.5) is 0 Å². The molecule has 0 amide bonds. The van der Waals surface area contributed by atoms with Crippen molar-refractivity contribution in [3.63, 3.8) is 0 Å². The predicted octanol–water partition coefficient (Wildman–Crippen LogP) is 2.15. The Morgan fingerprint density at radius 2 is 2.43 bits per heavy atom. The van der Waals surface area contributed by atoms with E-state index in [0.717, 1.165) is 5.06 Å². The number of aromatic nitrogens is 1. The van der Waals surface area contributed by atoms with Crippen molar-refractivity contribution in [3.05, 3.63) is 23.7 Å². The SMILES string of the molecule is CC1(C)OC=C(COc2cncs2)O1. The van der Waals surface area contributed by atoms with Crippen LogP contribution < -0.4 is 4.74 Å². The maximum atomic E-state index is 5.45. The van der Waals surface area contributed by atoms with Crippen molar-refractivity contribution < 1.29 is 14.2 Å². The number of thiazole rings is 1. The Balaban J connectivity index is 1.83. The molecule has 0 unspecified atom stereocenters. The summed E-state index contributed by atoms with van der Waals surface area (Å²) in [6, 6.07) is 0. The summed E-state index contributed by atoms with van der Waals surface area (Å²) in [7, 11) is 0. The van der Waals surface area contributed by atoms with Crippen LogP contribution in [0.3, 0.4) is 0 Å². The Morgan fingerprint density at radius 3 is 3.00 bits per heavy atom. The maximum Gasteiger partial charge on any atom is 0.244 e. The summed E-state index contributed by atoms with van der Waals surface area (Å²) in [5.74, 6) is 0.134. The molecule has 2 heterocycles. The molecule has 0 fully saturated rings. The molecule has 76 valence electrons. The van der Waals surface area contributed by atoms with Gasteiger partial charge in [0.1, 0.15) is 12.9 Å². The van der Waals surface area contributed by atoms with E-state index in [0.29, 0.717) is 12.4 Å². The Labute approximate surface area is 86.1 Å². The van der Waals surface area contributed by atoms with Crippen molar-refractivity contribution in [2.24, 2.45) is 0 Å². The molecule has 2 rings (SSSR count). The van der Waals surface area contributed by atoms with Crippen LogP contribution in [0.2, 0.25) is 0 Å². The first-order valence-electron chi connectivity index (χ1n) is 4.23. The fourth-order valence-electron chi connectivity index (χ4n) is 1.05. The van der Waals surface area contributed by atoms with E-state index in [2.05, 4.69) is 4.98 Å². The lowest BCUT2D eigenvalue weighted by Gasteiger charge is -2.17. The monoisotopic (exact) mass is 213 g/mol. The van der Waals surface area contributed by atoms with Crippen molar-refractivity contribution in [1.82, 2.24) is 4.98 Å². The predicted molar refractivity (Wildman–Crippen MR) is 51.9 cm³/mol. The first-order valence-corrected chi connectivity index (χ1v) is 5.11. The van der Waals surface area contributed by atoms with Crippen molar-refractivity contribution >= 4 is 11.3 Å². The van der Waals surface area contributed by atoms with Crippen LogP contribution >= 0.6 is 11.3 Å². The van der Waals surface area contributed by atoms with Gasteiger partial charge < -0.3 is 14.2 Å². The molecule has 14 heavy (non-hydrogen) atoms. The molecule has 1 aliphatic heterocycles. The topological polar surface area (TPSA) is 40.6 Å². The molecule has 0 saturated heterocycles. The van der Waals surface area contributed by atoms with Gasteiger partial charge in [0, 0.05) is 13.8 Å². The van der Waals surface area contributed by atoms with Gasteiger partial charge in [0.05, 0.1) is 11.7 Å². The van der Waals surface area contributed by atoms with E-state index in [1.54, 1.807) is 18.0 Å². The summed E-state index contributed by atoms with van der Waals surface area (Å²) in [5.41, 5.74) is 1.72. The fourth-order valence-corrected chi connectivity index (χ4v) is 1.53. The van der Waals surface area contributed by atoms with Crippen molar-refractivity contribution in [1.29, 1.82) is 0 Å². The average molecular weight is 213 g/mol. The molecule has 1 aliphatic rings. The van der Waals surface area contributed by atoms with Gasteiger partial charge in [0.15, 0.2) is 10.8 Å². The normalized spacial score (nSPS) is 18.3. The summed E-state index contributed by atoms with van der Waals surface area (Å²) in [6.07, 6.45) is 3.26. The molecule has 0 atom stereocenters. The zero-order valence-corrected chi connectivity index (χ0v) is 8.84. The molecule has 0 aromatic carbocycles. The largest absolute Gasteiger partial charge is 0.474 e. The zero-order valence-electron chi connectivity index (χ0n) is 8.02.